The van der Waals surface area contributed by atoms with E-state index in [-0.39, 0.29) is 33.8 Å². The molecule has 2 aromatic carbocycles. The van der Waals surface area contributed by atoms with E-state index in [0.717, 1.165) is 19.1 Å². The Bertz CT molecular complexity index is 1300. The van der Waals surface area contributed by atoms with Gasteiger partial charge in [0.25, 0.3) is 0 Å². The molecule has 12 heteroatoms. The SMILES string of the molecule is CC(=O)OC1C(Oc2c(-c3ccc(O)cc3)oc3cc(O)cc(O)c3c2=O)OC(CO)C(O)C1O. The lowest BCUT2D eigenvalue weighted by Gasteiger charge is -2.41. The first-order valence-corrected chi connectivity index (χ1v) is 10.4. The molecule has 6 N–H and O–H groups in total. The molecule has 1 aliphatic rings. The molecule has 186 valence electrons. The average Bonchev–Trinajstić information content (AvgIpc) is 2.79. The van der Waals surface area contributed by atoms with Crippen molar-refractivity contribution in [3.63, 3.8) is 0 Å². The minimum absolute atomic E-state index is 0.0805. The number of benzene rings is 2. The summed E-state index contributed by atoms with van der Waals surface area (Å²) >= 11 is 0. The van der Waals surface area contributed by atoms with E-state index in [1.54, 1.807) is 0 Å². The summed E-state index contributed by atoms with van der Waals surface area (Å²) in [5, 5.41) is 59.6. The number of fused-ring (bicyclic) bond motifs is 1. The fourth-order valence-electron chi connectivity index (χ4n) is 3.76. The van der Waals surface area contributed by atoms with Crippen molar-refractivity contribution in [2.45, 2.75) is 37.6 Å². The second kappa shape index (κ2) is 9.43. The second-order valence-corrected chi connectivity index (χ2v) is 7.87. The van der Waals surface area contributed by atoms with E-state index in [2.05, 4.69) is 0 Å². The van der Waals surface area contributed by atoms with Crippen LogP contribution in [-0.4, -0.2) is 73.9 Å². The van der Waals surface area contributed by atoms with Crippen LogP contribution in [0.2, 0.25) is 0 Å². The molecule has 0 saturated carbocycles. The molecule has 1 aromatic heterocycles. The third-order valence-corrected chi connectivity index (χ3v) is 5.41. The smallest absolute Gasteiger partial charge is 0.303 e. The van der Waals surface area contributed by atoms with Gasteiger partial charge in [0, 0.05) is 24.6 Å². The minimum Gasteiger partial charge on any atom is -0.508 e. The predicted molar refractivity (Wildman–Crippen MR) is 117 cm³/mol. The summed E-state index contributed by atoms with van der Waals surface area (Å²) in [7, 11) is 0. The number of aromatic hydroxyl groups is 3. The Kier molecular flexibility index (Phi) is 6.54. The largest absolute Gasteiger partial charge is 0.508 e. The fourth-order valence-corrected chi connectivity index (χ4v) is 3.76. The van der Waals surface area contributed by atoms with Gasteiger partial charge >= 0.3 is 5.97 Å². The molecule has 0 aliphatic carbocycles. The Morgan fingerprint density at radius 1 is 1.03 bits per heavy atom. The highest BCUT2D eigenvalue weighted by Crippen LogP contribution is 2.37. The molecule has 2 heterocycles. The van der Waals surface area contributed by atoms with Crippen molar-refractivity contribution in [3.8, 4) is 34.3 Å². The number of hydrogen-bond acceptors (Lipinski definition) is 12. The topological polar surface area (TPSA) is 196 Å². The highest BCUT2D eigenvalue weighted by Gasteiger charge is 2.48. The summed E-state index contributed by atoms with van der Waals surface area (Å²) in [5.41, 5.74) is -0.857. The Balaban J connectivity index is 1.90. The number of phenols is 3. The van der Waals surface area contributed by atoms with Crippen LogP contribution in [0.15, 0.2) is 45.6 Å². The van der Waals surface area contributed by atoms with Gasteiger partial charge in [0.1, 0.15) is 46.5 Å². The lowest BCUT2D eigenvalue weighted by atomic mass is 9.99. The van der Waals surface area contributed by atoms with E-state index in [1.165, 1.54) is 24.3 Å². The van der Waals surface area contributed by atoms with Gasteiger partial charge in [0.2, 0.25) is 17.5 Å². The zero-order valence-corrected chi connectivity index (χ0v) is 18.2. The quantitative estimate of drug-likeness (QED) is 0.268. The highest BCUT2D eigenvalue weighted by atomic mass is 16.7. The van der Waals surface area contributed by atoms with Gasteiger partial charge in [-0.25, -0.2) is 0 Å². The van der Waals surface area contributed by atoms with Crippen LogP contribution in [0.1, 0.15) is 6.92 Å². The molecule has 12 nitrogen and oxygen atoms in total. The van der Waals surface area contributed by atoms with Gasteiger partial charge in [-0.2, -0.15) is 0 Å². The number of hydrogen-bond donors (Lipinski definition) is 6. The highest BCUT2D eigenvalue weighted by molar-refractivity contribution is 5.88. The lowest BCUT2D eigenvalue weighted by Crippen LogP contribution is -2.61. The van der Waals surface area contributed by atoms with Crippen molar-refractivity contribution in [2.75, 3.05) is 6.61 Å². The maximum atomic E-state index is 13.4. The number of ether oxygens (including phenoxy) is 3. The van der Waals surface area contributed by atoms with E-state index >= 15 is 0 Å². The number of aliphatic hydroxyl groups excluding tert-OH is 3. The molecule has 0 spiro atoms. The van der Waals surface area contributed by atoms with E-state index in [4.69, 9.17) is 18.6 Å². The maximum Gasteiger partial charge on any atom is 0.303 e. The summed E-state index contributed by atoms with van der Waals surface area (Å²) in [6.07, 6.45) is -8.03. The van der Waals surface area contributed by atoms with Crippen molar-refractivity contribution in [3.05, 3.63) is 46.6 Å². The Hall–Kier alpha value is -3.84. The predicted octanol–water partition coefficient (Wildman–Crippen LogP) is 0.326. The zero-order chi connectivity index (χ0) is 25.4. The number of phenolic OH excluding ortho intramolecular Hbond substituents is 3. The molecular weight excluding hydrogens is 468 g/mol. The third kappa shape index (κ3) is 4.59. The average molecular weight is 490 g/mol. The van der Waals surface area contributed by atoms with Crippen molar-refractivity contribution in [1.29, 1.82) is 0 Å². The number of rotatable bonds is 5. The van der Waals surface area contributed by atoms with Crippen LogP contribution < -0.4 is 10.2 Å². The molecule has 1 saturated heterocycles. The van der Waals surface area contributed by atoms with Gasteiger partial charge in [-0.15, -0.1) is 0 Å². The monoisotopic (exact) mass is 490 g/mol. The van der Waals surface area contributed by atoms with E-state index in [0.29, 0.717) is 0 Å². The van der Waals surface area contributed by atoms with Crippen molar-refractivity contribution < 1.29 is 54.1 Å². The summed E-state index contributed by atoms with van der Waals surface area (Å²) in [4.78, 5) is 25.0. The summed E-state index contributed by atoms with van der Waals surface area (Å²) in [6.45, 7) is 0.313. The molecular formula is C23H22O12. The van der Waals surface area contributed by atoms with Gasteiger partial charge in [0.15, 0.2) is 11.9 Å². The van der Waals surface area contributed by atoms with E-state index in [1.807, 2.05) is 0 Å². The van der Waals surface area contributed by atoms with Gasteiger partial charge in [0.05, 0.1) is 6.61 Å². The first kappa shape index (κ1) is 24.3. The van der Waals surface area contributed by atoms with Gasteiger partial charge in [-0.1, -0.05) is 0 Å². The van der Waals surface area contributed by atoms with Crippen LogP contribution in [0.5, 0.6) is 23.0 Å². The van der Waals surface area contributed by atoms with Gasteiger partial charge in [-0.3, -0.25) is 9.59 Å². The third-order valence-electron chi connectivity index (χ3n) is 5.41. The van der Waals surface area contributed by atoms with Crippen LogP contribution in [0.3, 0.4) is 0 Å². The number of carbonyl (C=O) groups is 1. The molecule has 4 rings (SSSR count). The molecule has 5 atom stereocenters. The number of esters is 1. The maximum absolute atomic E-state index is 13.4. The molecule has 0 radical (unpaired) electrons. The van der Waals surface area contributed by atoms with Crippen LogP contribution in [-0.2, 0) is 14.3 Å². The van der Waals surface area contributed by atoms with Crippen molar-refractivity contribution in [1.82, 2.24) is 0 Å². The lowest BCUT2D eigenvalue weighted by molar-refractivity contribution is -0.282. The van der Waals surface area contributed by atoms with Crippen LogP contribution >= 0.6 is 0 Å². The first-order chi connectivity index (χ1) is 16.6. The minimum atomic E-state index is -1.75. The van der Waals surface area contributed by atoms with Gasteiger partial charge in [-0.05, 0) is 24.3 Å². The standard InChI is InChI=1S/C23H22O12/c1-9(25)32-22-19(31)17(29)15(8-24)34-23(22)35-21-18(30)16-13(28)6-12(27)7-14(16)33-20(21)10-2-4-11(26)5-3-10/h2-7,15,17,19,22-24,26-29,31H,8H2,1H3. The molecule has 0 bridgehead atoms. The Morgan fingerprint density at radius 2 is 1.71 bits per heavy atom. The normalized spacial score (nSPS) is 24.3. The van der Waals surface area contributed by atoms with Crippen LogP contribution in [0.25, 0.3) is 22.3 Å². The first-order valence-electron chi connectivity index (χ1n) is 10.4. The Labute approximate surface area is 196 Å². The van der Waals surface area contributed by atoms with Crippen molar-refractivity contribution >= 4 is 16.9 Å². The zero-order valence-electron chi connectivity index (χ0n) is 18.2. The molecule has 35 heavy (non-hydrogen) atoms. The van der Waals surface area contributed by atoms with E-state index in [9.17, 15) is 40.2 Å². The summed E-state index contributed by atoms with van der Waals surface area (Å²) in [5.74, 6) is -2.66. The molecule has 1 aliphatic heterocycles. The van der Waals surface area contributed by atoms with E-state index < -0.39 is 60.2 Å². The molecule has 1 fully saturated rings. The molecule has 3 aromatic rings. The van der Waals surface area contributed by atoms with Crippen molar-refractivity contribution in [2.24, 2.45) is 0 Å². The summed E-state index contributed by atoms with van der Waals surface area (Å²) < 4.78 is 22.0. The fraction of sp³-hybridized carbons (Fsp3) is 0.304. The molecule has 5 unspecified atom stereocenters. The van der Waals surface area contributed by atoms with Gasteiger partial charge < -0.3 is 49.3 Å². The van der Waals surface area contributed by atoms with Crippen LogP contribution in [0, 0.1) is 0 Å². The summed E-state index contributed by atoms with van der Waals surface area (Å²) in [6, 6.07) is 7.44. The van der Waals surface area contributed by atoms with Crippen LogP contribution in [0.4, 0.5) is 0 Å². The number of aliphatic hydroxyl groups is 3. The second-order valence-electron chi connectivity index (χ2n) is 7.87. The molecule has 0 amide bonds. The number of carbonyl (C=O) groups excluding carboxylic acids is 1. The Morgan fingerprint density at radius 3 is 2.34 bits per heavy atom.